The highest BCUT2D eigenvalue weighted by Gasteiger charge is 2.12. The maximum atomic E-state index is 6.00. The van der Waals surface area contributed by atoms with E-state index in [2.05, 4.69) is 35.4 Å². The minimum atomic E-state index is 0.507. The number of aryl methyl sites for hydroxylation is 1. The molecule has 0 fully saturated rings. The van der Waals surface area contributed by atoms with E-state index in [9.17, 15) is 0 Å². The molecule has 0 aromatic heterocycles. The molecule has 22 heavy (non-hydrogen) atoms. The molecule has 0 atom stereocenters. The first kappa shape index (κ1) is 16.8. The molecule has 1 aliphatic carbocycles. The lowest BCUT2D eigenvalue weighted by Crippen LogP contribution is -2.24. The van der Waals surface area contributed by atoms with Crippen LogP contribution in [-0.2, 0) is 17.6 Å². The molecular formula is C18H29N3O. The SMILES string of the molecule is CCCCOCCCN=C(N)Nc1cccc2c1CCCC2. The molecule has 4 nitrogen and oxygen atoms in total. The zero-order chi connectivity index (χ0) is 15.6. The first-order chi connectivity index (χ1) is 10.8. The van der Waals surface area contributed by atoms with Crippen LogP contribution in [0.2, 0.25) is 0 Å². The van der Waals surface area contributed by atoms with Crippen LogP contribution in [0.25, 0.3) is 0 Å². The number of rotatable bonds is 8. The third-order valence-corrected chi connectivity index (χ3v) is 4.03. The summed E-state index contributed by atoms with van der Waals surface area (Å²) in [5, 5.41) is 3.27. The van der Waals surface area contributed by atoms with Gasteiger partial charge in [-0.1, -0.05) is 25.5 Å². The second-order valence-electron chi connectivity index (χ2n) is 5.86. The van der Waals surface area contributed by atoms with Crippen molar-refractivity contribution in [1.29, 1.82) is 0 Å². The average molecular weight is 303 g/mol. The molecule has 0 spiro atoms. The number of fused-ring (bicyclic) bond motifs is 1. The fourth-order valence-electron chi connectivity index (χ4n) is 2.79. The van der Waals surface area contributed by atoms with Crippen molar-refractivity contribution in [2.24, 2.45) is 10.7 Å². The van der Waals surface area contributed by atoms with Crippen molar-refractivity contribution in [3.63, 3.8) is 0 Å². The van der Waals surface area contributed by atoms with Gasteiger partial charge in [0.15, 0.2) is 5.96 Å². The molecule has 1 aromatic carbocycles. The Morgan fingerprint density at radius 2 is 2.05 bits per heavy atom. The number of nitrogens with two attached hydrogens (primary N) is 1. The Balaban J connectivity index is 1.77. The fourth-order valence-corrected chi connectivity index (χ4v) is 2.79. The molecule has 0 unspecified atom stereocenters. The zero-order valence-electron chi connectivity index (χ0n) is 13.7. The van der Waals surface area contributed by atoms with Crippen molar-refractivity contribution >= 4 is 11.6 Å². The minimum absolute atomic E-state index is 0.507. The van der Waals surface area contributed by atoms with E-state index in [4.69, 9.17) is 10.5 Å². The van der Waals surface area contributed by atoms with E-state index in [1.807, 2.05) is 0 Å². The van der Waals surface area contributed by atoms with E-state index in [-0.39, 0.29) is 0 Å². The fraction of sp³-hybridized carbons (Fsp3) is 0.611. The molecule has 2 rings (SSSR count). The number of benzene rings is 1. The number of nitrogens with one attached hydrogen (secondary N) is 1. The van der Waals surface area contributed by atoms with Crippen LogP contribution in [0.3, 0.4) is 0 Å². The molecule has 122 valence electrons. The maximum Gasteiger partial charge on any atom is 0.193 e. The second kappa shape index (κ2) is 9.46. The largest absolute Gasteiger partial charge is 0.381 e. The van der Waals surface area contributed by atoms with Gasteiger partial charge >= 0.3 is 0 Å². The Kier molecular flexibility index (Phi) is 7.23. The molecule has 0 aliphatic heterocycles. The summed E-state index contributed by atoms with van der Waals surface area (Å²) in [6, 6.07) is 6.42. The van der Waals surface area contributed by atoms with E-state index in [1.165, 1.54) is 36.8 Å². The van der Waals surface area contributed by atoms with Crippen LogP contribution in [0.5, 0.6) is 0 Å². The minimum Gasteiger partial charge on any atom is -0.381 e. The molecule has 0 heterocycles. The maximum absolute atomic E-state index is 6.00. The molecule has 4 heteroatoms. The van der Waals surface area contributed by atoms with E-state index >= 15 is 0 Å². The van der Waals surface area contributed by atoms with Gasteiger partial charge in [0.2, 0.25) is 0 Å². The van der Waals surface area contributed by atoms with Crippen LogP contribution in [0, 0.1) is 0 Å². The number of anilines is 1. The smallest absolute Gasteiger partial charge is 0.193 e. The number of ether oxygens (including phenoxy) is 1. The lowest BCUT2D eigenvalue weighted by Gasteiger charge is -2.19. The number of hydrogen-bond donors (Lipinski definition) is 2. The van der Waals surface area contributed by atoms with Gasteiger partial charge in [0.05, 0.1) is 0 Å². The van der Waals surface area contributed by atoms with E-state index < -0.39 is 0 Å². The summed E-state index contributed by atoms with van der Waals surface area (Å²) in [6.45, 7) is 4.49. The molecule has 0 saturated heterocycles. The highest BCUT2D eigenvalue weighted by Crippen LogP contribution is 2.27. The third kappa shape index (κ3) is 5.34. The Hall–Kier alpha value is -1.55. The third-order valence-electron chi connectivity index (χ3n) is 4.03. The summed E-state index contributed by atoms with van der Waals surface area (Å²) in [4.78, 5) is 4.39. The van der Waals surface area contributed by atoms with Crippen molar-refractivity contribution in [3.8, 4) is 0 Å². The number of unbranched alkanes of at least 4 members (excludes halogenated alkanes) is 1. The molecule has 1 aliphatic rings. The monoisotopic (exact) mass is 303 g/mol. The van der Waals surface area contributed by atoms with Gasteiger partial charge in [-0.15, -0.1) is 0 Å². The lowest BCUT2D eigenvalue weighted by molar-refractivity contribution is 0.130. The molecule has 0 amide bonds. The van der Waals surface area contributed by atoms with E-state index in [0.717, 1.165) is 38.2 Å². The van der Waals surface area contributed by atoms with Crippen LogP contribution < -0.4 is 11.1 Å². The molecule has 0 radical (unpaired) electrons. The van der Waals surface area contributed by atoms with Crippen LogP contribution in [-0.4, -0.2) is 25.7 Å². The van der Waals surface area contributed by atoms with Crippen molar-refractivity contribution < 1.29 is 4.74 Å². The Labute approximate surface area is 134 Å². The van der Waals surface area contributed by atoms with Crippen molar-refractivity contribution in [2.45, 2.75) is 51.9 Å². The standard InChI is InChI=1S/C18H29N3O/c1-2-3-13-22-14-7-12-20-18(19)21-17-11-6-9-15-8-4-5-10-16(15)17/h6,9,11H,2-5,7-8,10,12-14H2,1H3,(H3,19,20,21). The topological polar surface area (TPSA) is 59.6 Å². The highest BCUT2D eigenvalue weighted by molar-refractivity contribution is 5.93. The van der Waals surface area contributed by atoms with Gasteiger partial charge in [0, 0.05) is 25.4 Å². The molecule has 0 saturated carbocycles. The summed E-state index contributed by atoms with van der Waals surface area (Å²) >= 11 is 0. The van der Waals surface area contributed by atoms with E-state index in [0.29, 0.717) is 12.5 Å². The summed E-state index contributed by atoms with van der Waals surface area (Å²) in [5.41, 5.74) is 9.99. The Morgan fingerprint density at radius 1 is 1.23 bits per heavy atom. The average Bonchev–Trinajstić information content (AvgIpc) is 2.54. The van der Waals surface area contributed by atoms with E-state index in [1.54, 1.807) is 0 Å². The van der Waals surface area contributed by atoms with Crippen LogP contribution >= 0.6 is 0 Å². The van der Waals surface area contributed by atoms with Crippen molar-refractivity contribution in [3.05, 3.63) is 29.3 Å². The molecule has 0 bridgehead atoms. The second-order valence-corrected chi connectivity index (χ2v) is 5.86. The van der Waals surface area contributed by atoms with Gasteiger partial charge in [0.25, 0.3) is 0 Å². The van der Waals surface area contributed by atoms with Gasteiger partial charge in [0.1, 0.15) is 0 Å². The number of hydrogen-bond acceptors (Lipinski definition) is 2. The van der Waals surface area contributed by atoms with Crippen molar-refractivity contribution in [2.75, 3.05) is 25.1 Å². The number of nitrogens with zero attached hydrogens (tertiary/aromatic N) is 1. The summed E-state index contributed by atoms with van der Waals surface area (Å²) in [7, 11) is 0. The Morgan fingerprint density at radius 3 is 2.91 bits per heavy atom. The predicted molar refractivity (Wildman–Crippen MR) is 93.5 cm³/mol. The first-order valence-electron chi connectivity index (χ1n) is 8.56. The number of guanidine groups is 1. The summed E-state index contributed by atoms with van der Waals surface area (Å²) in [5.74, 6) is 0.507. The van der Waals surface area contributed by atoms with Crippen LogP contribution in [0.15, 0.2) is 23.2 Å². The molecule has 3 N–H and O–H groups in total. The number of aliphatic imine (C=N–C) groups is 1. The normalized spacial score (nSPS) is 14.7. The van der Waals surface area contributed by atoms with Gasteiger partial charge in [-0.2, -0.15) is 0 Å². The Bertz CT molecular complexity index is 485. The van der Waals surface area contributed by atoms with Gasteiger partial charge in [-0.25, -0.2) is 0 Å². The van der Waals surface area contributed by atoms with Gasteiger partial charge < -0.3 is 15.8 Å². The first-order valence-corrected chi connectivity index (χ1v) is 8.56. The zero-order valence-corrected chi connectivity index (χ0v) is 13.7. The van der Waals surface area contributed by atoms with Crippen molar-refractivity contribution in [1.82, 2.24) is 0 Å². The highest BCUT2D eigenvalue weighted by atomic mass is 16.5. The van der Waals surface area contributed by atoms with Gasteiger partial charge in [-0.3, -0.25) is 4.99 Å². The quantitative estimate of drug-likeness (QED) is 0.439. The summed E-state index contributed by atoms with van der Waals surface area (Å²) in [6.07, 6.45) is 8.09. The van der Waals surface area contributed by atoms with Crippen LogP contribution in [0.4, 0.5) is 5.69 Å². The van der Waals surface area contributed by atoms with Gasteiger partial charge in [-0.05, 0) is 55.7 Å². The summed E-state index contributed by atoms with van der Waals surface area (Å²) < 4.78 is 5.52. The molecular weight excluding hydrogens is 274 g/mol. The lowest BCUT2D eigenvalue weighted by atomic mass is 9.90. The molecule has 1 aromatic rings. The van der Waals surface area contributed by atoms with Crippen LogP contribution in [0.1, 0.15) is 50.2 Å². The predicted octanol–water partition coefficient (Wildman–Crippen LogP) is 3.50.